The van der Waals surface area contributed by atoms with E-state index in [0.717, 1.165) is 38.6 Å². The highest BCUT2D eigenvalue weighted by Gasteiger charge is 2.37. The van der Waals surface area contributed by atoms with Crippen molar-refractivity contribution in [2.75, 3.05) is 26.2 Å². The van der Waals surface area contributed by atoms with Crippen molar-refractivity contribution in [2.24, 2.45) is 0 Å². The lowest BCUT2D eigenvalue weighted by Crippen LogP contribution is -2.40. The van der Waals surface area contributed by atoms with Gasteiger partial charge in [-0.05, 0) is 95.6 Å². The number of hydrogen-bond donors (Lipinski definition) is 0. The molecule has 4 rings (SSSR count). The molecule has 35 heavy (non-hydrogen) atoms. The van der Waals surface area contributed by atoms with Crippen LogP contribution in [0.5, 0.6) is 11.5 Å². The van der Waals surface area contributed by atoms with E-state index in [9.17, 15) is 14.4 Å². The van der Waals surface area contributed by atoms with E-state index in [-0.39, 0.29) is 17.4 Å². The summed E-state index contributed by atoms with van der Waals surface area (Å²) in [4.78, 5) is 40.7. The molecule has 2 fully saturated rings. The number of carbonyl (C=O) groups is 3. The third-order valence-electron chi connectivity index (χ3n) is 5.55. The average Bonchev–Trinajstić information content (AvgIpc) is 3.45. The molecule has 2 aromatic carbocycles. The van der Waals surface area contributed by atoms with Gasteiger partial charge in [-0.2, -0.15) is 0 Å². The number of imide groups is 1. The number of nitrogens with zero attached hydrogens (tertiary/aromatic N) is 2. The Bertz CT molecular complexity index is 1170. The maximum absolute atomic E-state index is 12.9. The molecular weight excluding hydrogens is 603 g/mol. The fraction of sp³-hybridized carbons (Fsp3) is 0.320. The van der Waals surface area contributed by atoms with Crippen molar-refractivity contribution < 1.29 is 23.9 Å². The molecule has 2 aliphatic rings. The fourth-order valence-electron chi connectivity index (χ4n) is 3.80. The number of amides is 3. The molecule has 10 heteroatoms. The lowest BCUT2D eigenvalue weighted by molar-refractivity contribution is -0.135. The summed E-state index contributed by atoms with van der Waals surface area (Å²) in [5.74, 6) is 0.164. The highest BCUT2D eigenvalue weighted by atomic mass is 127. The van der Waals surface area contributed by atoms with E-state index in [0.29, 0.717) is 48.4 Å². The molecule has 2 aliphatic heterocycles. The van der Waals surface area contributed by atoms with Crippen LogP contribution in [0.2, 0.25) is 5.02 Å². The van der Waals surface area contributed by atoms with Gasteiger partial charge in [0.15, 0.2) is 11.5 Å². The summed E-state index contributed by atoms with van der Waals surface area (Å²) < 4.78 is 12.8. The second kappa shape index (κ2) is 11.7. The highest BCUT2D eigenvalue weighted by Crippen LogP contribution is 2.39. The molecule has 0 aliphatic carbocycles. The van der Waals surface area contributed by atoms with Crippen LogP contribution in [0.3, 0.4) is 0 Å². The van der Waals surface area contributed by atoms with E-state index in [1.165, 1.54) is 0 Å². The van der Waals surface area contributed by atoms with Crippen LogP contribution in [0, 0.1) is 3.57 Å². The first-order valence-electron chi connectivity index (χ1n) is 11.2. The lowest BCUT2D eigenvalue weighted by Gasteiger charge is -2.18. The van der Waals surface area contributed by atoms with Crippen LogP contribution in [-0.2, 0) is 16.2 Å². The maximum atomic E-state index is 12.9. The van der Waals surface area contributed by atoms with Gasteiger partial charge in [-0.25, -0.2) is 0 Å². The smallest absolute Gasteiger partial charge is 0.294 e. The zero-order valence-corrected chi connectivity index (χ0v) is 22.8. The summed E-state index contributed by atoms with van der Waals surface area (Å²) in [5, 5.41) is -0.126. The molecule has 0 saturated carbocycles. The van der Waals surface area contributed by atoms with Crippen molar-refractivity contribution in [2.45, 2.75) is 26.4 Å². The zero-order valence-electron chi connectivity index (χ0n) is 19.1. The Labute approximate surface area is 226 Å². The normalized spacial score (nSPS) is 16.9. The first-order valence-corrected chi connectivity index (χ1v) is 13.5. The summed E-state index contributed by atoms with van der Waals surface area (Å²) in [5.41, 5.74) is 1.58. The van der Waals surface area contributed by atoms with Gasteiger partial charge < -0.3 is 14.4 Å². The van der Waals surface area contributed by atoms with Gasteiger partial charge in [-0.1, -0.05) is 23.7 Å². The third kappa shape index (κ3) is 6.31. The Morgan fingerprint density at radius 3 is 2.54 bits per heavy atom. The van der Waals surface area contributed by atoms with Gasteiger partial charge >= 0.3 is 0 Å². The van der Waals surface area contributed by atoms with E-state index in [1.54, 1.807) is 23.1 Å². The summed E-state index contributed by atoms with van der Waals surface area (Å²) in [6.07, 6.45) is 3.48. The number of halogens is 2. The van der Waals surface area contributed by atoms with E-state index in [4.69, 9.17) is 21.1 Å². The summed E-state index contributed by atoms with van der Waals surface area (Å²) >= 11 is 9.58. The second-order valence-electron chi connectivity index (χ2n) is 8.03. The minimum atomic E-state index is -0.485. The molecular formula is C25H24ClIN2O5S. The van der Waals surface area contributed by atoms with E-state index >= 15 is 0 Å². The Morgan fingerprint density at radius 1 is 1.14 bits per heavy atom. The van der Waals surface area contributed by atoms with Gasteiger partial charge in [-0.15, -0.1) is 0 Å². The molecule has 0 N–H and O–H groups in total. The molecule has 0 atom stereocenters. The summed E-state index contributed by atoms with van der Waals surface area (Å²) in [7, 11) is 0. The number of ether oxygens (including phenoxy) is 2. The van der Waals surface area contributed by atoms with Crippen LogP contribution in [0.15, 0.2) is 41.3 Å². The van der Waals surface area contributed by atoms with Gasteiger partial charge in [-0.3, -0.25) is 19.3 Å². The van der Waals surface area contributed by atoms with Crippen molar-refractivity contribution >= 4 is 69.1 Å². The number of hydrogen-bond acceptors (Lipinski definition) is 6. The van der Waals surface area contributed by atoms with Crippen molar-refractivity contribution in [3.8, 4) is 11.5 Å². The van der Waals surface area contributed by atoms with Gasteiger partial charge in [0, 0.05) is 16.7 Å². The molecule has 7 nitrogen and oxygen atoms in total. The van der Waals surface area contributed by atoms with Crippen molar-refractivity contribution in [3.05, 3.63) is 61.0 Å². The Hall–Kier alpha value is -2.24. The summed E-state index contributed by atoms with van der Waals surface area (Å²) in [6, 6.07) is 11.3. The molecule has 2 heterocycles. The predicted octanol–water partition coefficient (Wildman–Crippen LogP) is 5.58. The highest BCUT2D eigenvalue weighted by molar-refractivity contribution is 14.1. The monoisotopic (exact) mass is 626 g/mol. The topological polar surface area (TPSA) is 76.2 Å². The second-order valence-corrected chi connectivity index (χ2v) is 10.7. The van der Waals surface area contributed by atoms with Crippen LogP contribution in [-0.4, -0.2) is 53.1 Å². The number of rotatable bonds is 8. The molecule has 2 aromatic rings. The van der Waals surface area contributed by atoms with Crippen LogP contribution in [0.25, 0.3) is 6.08 Å². The van der Waals surface area contributed by atoms with Gasteiger partial charge in [0.05, 0.1) is 16.5 Å². The largest absolute Gasteiger partial charge is 0.490 e. The quantitative estimate of drug-likeness (QED) is 0.281. The molecule has 0 bridgehead atoms. The Morgan fingerprint density at radius 2 is 1.86 bits per heavy atom. The first-order chi connectivity index (χ1) is 16.9. The van der Waals surface area contributed by atoms with Crippen LogP contribution in [0.4, 0.5) is 4.79 Å². The lowest BCUT2D eigenvalue weighted by atomic mass is 10.1. The SMILES string of the molecule is CCOc1cc(/C=C2/SC(=O)N(CC(=O)N3CCCC3)C2=O)cc(Cl)c1OCc1ccc(I)cc1. The Balaban J connectivity index is 1.51. The van der Waals surface area contributed by atoms with Gasteiger partial charge in [0.2, 0.25) is 5.91 Å². The number of benzene rings is 2. The molecule has 0 radical (unpaired) electrons. The minimum absolute atomic E-state index is 0.206. The molecule has 0 unspecified atom stereocenters. The van der Waals surface area contributed by atoms with E-state index < -0.39 is 11.1 Å². The van der Waals surface area contributed by atoms with Crippen LogP contribution >= 0.6 is 46.0 Å². The maximum Gasteiger partial charge on any atom is 0.294 e. The van der Waals surface area contributed by atoms with Crippen LogP contribution in [0.1, 0.15) is 30.9 Å². The average molecular weight is 627 g/mol. The molecule has 0 spiro atoms. The minimum Gasteiger partial charge on any atom is -0.490 e. The third-order valence-corrected chi connectivity index (χ3v) is 7.46. The van der Waals surface area contributed by atoms with Crippen molar-refractivity contribution in [3.63, 3.8) is 0 Å². The van der Waals surface area contributed by atoms with E-state index in [1.807, 2.05) is 31.2 Å². The molecule has 3 amide bonds. The number of carbonyl (C=O) groups excluding carboxylic acids is 3. The number of thioether (sulfide) groups is 1. The Kier molecular flexibility index (Phi) is 8.61. The van der Waals surface area contributed by atoms with Crippen molar-refractivity contribution in [1.82, 2.24) is 9.80 Å². The fourth-order valence-corrected chi connectivity index (χ4v) is 5.27. The van der Waals surface area contributed by atoms with Gasteiger partial charge in [0.25, 0.3) is 11.1 Å². The molecule has 184 valence electrons. The van der Waals surface area contributed by atoms with E-state index in [2.05, 4.69) is 22.6 Å². The predicted molar refractivity (Wildman–Crippen MR) is 145 cm³/mol. The van der Waals surface area contributed by atoms with Crippen molar-refractivity contribution in [1.29, 1.82) is 0 Å². The number of likely N-dealkylation sites (tertiary alicyclic amines) is 1. The first kappa shape index (κ1) is 25.8. The molecule has 0 aromatic heterocycles. The van der Waals surface area contributed by atoms with Gasteiger partial charge in [0.1, 0.15) is 13.2 Å². The molecule has 2 saturated heterocycles. The zero-order chi connectivity index (χ0) is 24.9. The standard InChI is InChI=1S/C25H24ClIN2O5S/c1-2-33-20-12-17(11-19(26)23(20)34-15-16-5-7-18(27)8-6-16)13-21-24(31)29(25(32)35-21)14-22(30)28-9-3-4-10-28/h5-8,11-13H,2-4,9-10,14-15H2,1H3/b21-13+. The summed E-state index contributed by atoms with van der Waals surface area (Å²) in [6.45, 7) is 3.67. The van der Waals surface area contributed by atoms with Crippen LogP contribution < -0.4 is 9.47 Å².